The number of rotatable bonds is 3. The topological polar surface area (TPSA) is 28.2 Å². The van der Waals surface area contributed by atoms with Gasteiger partial charge in [0.2, 0.25) is 0 Å². The van der Waals surface area contributed by atoms with Crippen LogP contribution in [0, 0.1) is 0 Å². The van der Waals surface area contributed by atoms with Gasteiger partial charge in [0.25, 0.3) is 0 Å². The zero-order valence-corrected chi connectivity index (χ0v) is 13.7. The molecule has 1 aromatic rings. The first-order chi connectivity index (χ1) is 7.81. The first-order valence-corrected chi connectivity index (χ1v) is 6.66. The van der Waals surface area contributed by atoms with E-state index in [9.17, 15) is 0 Å². The summed E-state index contributed by atoms with van der Waals surface area (Å²) in [5.74, 6) is 0. The maximum atomic E-state index is 4.32. The third kappa shape index (κ3) is 4.67. The van der Waals surface area contributed by atoms with E-state index in [0.717, 1.165) is 37.2 Å². The lowest BCUT2D eigenvalue weighted by atomic mass is 10.0. The van der Waals surface area contributed by atoms with Crippen molar-refractivity contribution >= 4 is 40.7 Å². The van der Waals surface area contributed by atoms with Gasteiger partial charge in [-0.3, -0.25) is 4.90 Å². The van der Waals surface area contributed by atoms with E-state index in [4.69, 9.17) is 0 Å². The molecule has 2 rings (SSSR count). The molecule has 1 fully saturated rings. The van der Waals surface area contributed by atoms with Crippen LogP contribution in [0.25, 0.3) is 0 Å². The van der Waals surface area contributed by atoms with Crippen LogP contribution in [0.2, 0.25) is 0 Å². The van der Waals surface area contributed by atoms with Gasteiger partial charge in [-0.2, -0.15) is 0 Å². The zero-order chi connectivity index (χ0) is 11.4. The number of nitrogens with zero attached hydrogens (tertiary/aromatic N) is 2. The second-order valence-electron chi connectivity index (χ2n) is 4.12. The fourth-order valence-electron chi connectivity index (χ4n) is 2.28. The molecule has 0 saturated carbocycles. The molecule has 0 bridgehead atoms. The molecule has 104 valence electrons. The third-order valence-corrected chi connectivity index (χ3v) is 3.58. The molecule has 6 heteroatoms. The van der Waals surface area contributed by atoms with Gasteiger partial charge in [-0.15, -0.1) is 24.8 Å². The molecule has 2 heterocycles. The average Bonchev–Trinajstić information content (AvgIpc) is 2.34. The van der Waals surface area contributed by atoms with E-state index < -0.39 is 0 Å². The van der Waals surface area contributed by atoms with E-state index in [1.165, 1.54) is 5.56 Å². The smallest absolute Gasteiger partial charge is 0.106 e. The van der Waals surface area contributed by atoms with Crippen LogP contribution < -0.4 is 5.32 Å². The van der Waals surface area contributed by atoms with Crippen molar-refractivity contribution in [2.75, 3.05) is 26.2 Å². The van der Waals surface area contributed by atoms with Gasteiger partial charge in [0.05, 0.1) is 0 Å². The normalized spacial score (nSPS) is 17.4. The van der Waals surface area contributed by atoms with Gasteiger partial charge in [0.1, 0.15) is 4.60 Å². The Morgan fingerprint density at radius 2 is 2.00 bits per heavy atom. The number of nitrogens with one attached hydrogen (secondary N) is 1. The quantitative estimate of drug-likeness (QED) is 0.843. The number of halogens is 3. The molecule has 0 radical (unpaired) electrons. The van der Waals surface area contributed by atoms with Gasteiger partial charge in [0.15, 0.2) is 0 Å². The number of piperazine rings is 1. The maximum Gasteiger partial charge on any atom is 0.106 e. The molecule has 0 unspecified atom stereocenters. The van der Waals surface area contributed by atoms with Crippen LogP contribution in [0.5, 0.6) is 0 Å². The van der Waals surface area contributed by atoms with Crippen molar-refractivity contribution in [2.45, 2.75) is 19.4 Å². The van der Waals surface area contributed by atoms with E-state index in [1.807, 2.05) is 12.3 Å². The highest BCUT2D eigenvalue weighted by Crippen LogP contribution is 2.24. The Bertz CT molecular complexity index is 329. The predicted octanol–water partition coefficient (Wildman–Crippen LogP) is 3.04. The van der Waals surface area contributed by atoms with Crippen LogP contribution in [0.1, 0.15) is 24.9 Å². The molecule has 1 aromatic heterocycles. The van der Waals surface area contributed by atoms with Gasteiger partial charge < -0.3 is 5.32 Å². The monoisotopic (exact) mass is 355 g/mol. The predicted molar refractivity (Wildman–Crippen MR) is 83.9 cm³/mol. The summed E-state index contributed by atoms with van der Waals surface area (Å²) < 4.78 is 0.909. The third-order valence-electron chi connectivity index (χ3n) is 3.11. The summed E-state index contributed by atoms with van der Waals surface area (Å²) in [4.78, 5) is 6.86. The Morgan fingerprint density at radius 3 is 2.50 bits per heavy atom. The average molecular weight is 357 g/mol. The first kappa shape index (κ1) is 18.1. The summed E-state index contributed by atoms with van der Waals surface area (Å²) in [6, 6.07) is 4.72. The van der Waals surface area contributed by atoms with Crippen molar-refractivity contribution in [2.24, 2.45) is 0 Å². The molecule has 1 aliphatic rings. The van der Waals surface area contributed by atoms with Crippen molar-refractivity contribution in [3.05, 3.63) is 28.5 Å². The number of pyridine rings is 1. The second-order valence-corrected chi connectivity index (χ2v) is 4.94. The molecule has 0 aliphatic carbocycles. The van der Waals surface area contributed by atoms with E-state index in [1.54, 1.807) is 0 Å². The Balaban J connectivity index is 0.00000144. The highest BCUT2D eigenvalue weighted by atomic mass is 79.9. The van der Waals surface area contributed by atoms with Crippen molar-refractivity contribution in [1.82, 2.24) is 15.2 Å². The van der Waals surface area contributed by atoms with Gasteiger partial charge in [-0.1, -0.05) is 13.0 Å². The maximum absolute atomic E-state index is 4.32. The van der Waals surface area contributed by atoms with Crippen molar-refractivity contribution < 1.29 is 0 Å². The fraction of sp³-hybridized carbons (Fsp3) is 0.583. The molecule has 1 N–H and O–H groups in total. The lowest BCUT2D eigenvalue weighted by Crippen LogP contribution is -2.45. The van der Waals surface area contributed by atoms with Crippen LogP contribution in [-0.4, -0.2) is 36.1 Å². The minimum absolute atomic E-state index is 0. The van der Waals surface area contributed by atoms with Gasteiger partial charge >= 0.3 is 0 Å². The van der Waals surface area contributed by atoms with Crippen molar-refractivity contribution in [3.63, 3.8) is 0 Å². The zero-order valence-electron chi connectivity index (χ0n) is 10.4. The lowest BCUT2D eigenvalue weighted by molar-refractivity contribution is 0.169. The second kappa shape index (κ2) is 9.10. The Morgan fingerprint density at radius 1 is 1.33 bits per heavy atom. The summed E-state index contributed by atoms with van der Waals surface area (Å²) in [5.41, 5.74) is 1.33. The van der Waals surface area contributed by atoms with E-state index >= 15 is 0 Å². The molecule has 1 atom stereocenters. The first-order valence-electron chi connectivity index (χ1n) is 5.87. The highest BCUT2D eigenvalue weighted by molar-refractivity contribution is 9.10. The summed E-state index contributed by atoms with van der Waals surface area (Å²) >= 11 is 3.38. The number of hydrogen-bond donors (Lipinski definition) is 1. The molecule has 0 amide bonds. The van der Waals surface area contributed by atoms with E-state index in [2.05, 4.69) is 44.1 Å². The lowest BCUT2D eigenvalue weighted by Gasteiger charge is -2.34. The van der Waals surface area contributed by atoms with Gasteiger partial charge in [-0.05, 0) is 34.0 Å². The number of aromatic nitrogens is 1. The summed E-state index contributed by atoms with van der Waals surface area (Å²) in [7, 11) is 0. The molecular formula is C12H20BrCl2N3. The van der Waals surface area contributed by atoms with Crippen LogP contribution in [0.3, 0.4) is 0 Å². The Hall–Kier alpha value is 0.130. The molecule has 1 aliphatic heterocycles. The van der Waals surface area contributed by atoms with Crippen LogP contribution in [0.4, 0.5) is 0 Å². The van der Waals surface area contributed by atoms with Crippen molar-refractivity contribution in [1.29, 1.82) is 0 Å². The molecule has 1 saturated heterocycles. The summed E-state index contributed by atoms with van der Waals surface area (Å²) in [6.45, 7) is 6.71. The standard InChI is InChI=1S/C12H18BrN3.2ClH/c1-2-11(16-7-5-14-6-8-16)10-3-4-12(13)15-9-10;;/h3-4,9,11,14H,2,5-8H2,1H3;2*1H/t11-;;/m1../s1. The van der Waals surface area contributed by atoms with Crippen LogP contribution in [-0.2, 0) is 0 Å². The summed E-state index contributed by atoms with van der Waals surface area (Å²) in [6.07, 6.45) is 3.13. The fourth-order valence-corrected chi connectivity index (χ4v) is 2.52. The highest BCUT2D eigenvalue weighted by Gasteiger charge is 2.20. The minimum Gasteiger partial charge on any atom is -0.314 e. The van der Waals surface area contributed by atoms with Crippen molar-refractivity contribution in [3.8, 4) is 0 Å². The SMILES string of the molecule is CC[C@H](c1ccc(Br)nc1)N1CCNCC1.Cl.Cl. The van der Waals surface area contributed by atoms with E-state index in [-0.39, 0.29) is 24.8 Å². The minimum atomic E-state index is 0. The molecule has 0 aromatic carbocycles. The van der Waals surface area contributed by atoms with Crippen LogP contribution in [0.15, 0.2) is 22.9 Å². The van der Waals surface area contributed by atoms with E-state index in [0.29, 0.717) is 6.04 Å². The largest absolute Gasteiger partial charge is 0.314 e. The van der Waals surface area contributed by atoms with Crippen LogP contribution >= 0.6 is 40.7 Å². The molecule has 3 nitrogen and oxygen atoms in total. The Labute approximate surface area is 130 Å². The van der Waals surface area contributed by atoms with Gasteiger partial charge in [0, 0.05) is 38.4 Å². The molecular weight excluding hydrogens is 337 g/mol. The van der Waals surface area contributed by atoms with Gasteiger partial charge in [-0.25, -0.2) is 4.98 Å². The number of hydrogen-bond acceptors (Lipinski definition) is 3. The molecule has 0 spiro atoms. The molecule has 18 heavy (non-hydrogen) atoms. The summed E-state index contributed by atoms with van der Waals surface area (Å²) in [5, 5.41) is 3.39. The Kier molecular flexibility index (Phi) is 9.17.